The summed E-state index contributed by atoms with van der Waals surface area (Å²) < 4.78 is 0. The van der Waals surface area contributed by atoms with Crippen molar-refractivity contribution >= 4 is 28.6 Å². The lowest BCUT2D eigenvalue weighted by Crippen LogP contribution is -2.43. The van der Waals surface area contributed by atoms with Crippen LogP contribution in [0, 0.1) is 0 Å². The molecule has 1 aromatic carbocycles. The van der Waals surface area contributed by atoms with E-state index >= 15 is 0 Å². The third-order valence-corrected chi connectivity index (χ3v) is 3.54. The Bertz CT molecular complexity index is 527. The lowest BCUT2D eigenvalue weighted by Gasteiger charge is -2.33. The molecule has 0 fully saturated rings. The van der Waals surface area contributed by atoms with Gasteiger partial charge in [0.1, 0.15) is 5.52 Å². The summed E-state index contributed by atoms with van der Waals surface area (Å²) in [6.07, 6.45) is 0. The average molecular weight is 251 g/mol. The van der Waals surface area contributed by atoms with Crippen molar-refractivity contribution in [1.29, 1.82) is 0 Å². The minimum absolute atomic E-state index is 0.203. The lowest BCUT2D eigenvalue weighted by atomic mass is 10.1. The Kier molecular flexibility index (Phi) is 3.15. The van der Waals surface area contributed by atoms with E-state index in [1.165, 1.54) is 0 Å². The molecule has 90 valence electrons. The summed E-state index contributed by atoms with van der Waals surface area (Å²) >= 11 is 5.94. The maximum absolute atomic E-state index is 5.94. The summed E-state index contributed by atoms with van der Waals surface area (Å²) in [7, 11) is 1.92. The Balaban J connectivity index is 2.43. The van der Waals surface area contributed by atoms with Gasteiger partial charge in [-0.05, 0) is 26.0 Å². The quantitative estimate of drug-likeness (QED) is 0.785. The summed E-state index contributed by atoms with van der Waals surface area (Å²) in [5, 5.41) is 8.28. The van der Waals surface area contributed by atoms with Gasteiger partial charge in [0, 0.05) is 12.9 Å². The van der Waals surface area contributed by atoms with Crippen molar-refractivity contribution < 1.29 is 0 Å². The van der Waals surface area contributed by atoms with Crippen molar-refractivity contribution in [3.8, 4) is 0 Å². The number of hydrogen-bond acceptors (Lipinski definition) is 4. The summed E-state index contributed by atoms with van der Waals surface area (Å²) in [6.45, 7) is 4.08. The van der Waals surface area contributed by atoms with E-state index in [2.05, 4.69) is 15.2 Å². The van der Waals surface area contributed by atoms with Crippen molar-refractivity contribution in [1.82, 2.24) is 15.2 Å². The summed E-state index contributed by atoms with van der Waals surface area (Å²) in [5.41, 5.74) is 1.44. The van der Waals surface area contributed by atoms with Gasteiger partial charge >= 0.3 is 0 Å². The van der Waals surface area contributed by atoms with Crippen LogP contribution in [0.4, 0.5) is 5.95 Å². The molecule has 0 unspecified atom stereocenters. The zero-order chi connectivity index (χ0) is 12.5. The van der Waals surface area contributed by atoms with Gasteiger partial charge in [-0.3, -0.25) is 0 Å². The van der Waals surface area contributed by atoms with Crippen LogP contribution in [0.15, 0.2) is 24.3 Å². The fraction of sp³-hybridized carbons (Fsp3) is 0.417. The van der Waals surface area contributed by atoms with Gasteiger partial charge in [0.05, 0.1) is 11.1 Å². The Labute approximate surface area is 106 Å². The van der Waals surface area contributed by atoms with Crippen molar-refractivity contribution in [2.24, 2.45) is 0 Å². The molecule has 0 aliphatic heterocycles. The summed E-state index contributed by atoms with van der Waals surface area (Å²) in [6, 6.07) is 7.68. The Morgan fingerprint density at radius 1 is 1.18 bits per heavy atom. The summed E-state index contributed by atoms with van der Waals surface area (Å²) in [5.74, 6) is 1.09. The highest BCUT2D eigenvalue weighted by Gasteiger charge is 2.24. The topological polar surface area (TPSA) is 41.9 Å². The fourth-order valence-electron chi connectivity index (χ4n) is 1.37. The smallest absolute Gasteiger partial charge is 0.246 e. The number of anilines is 1. The average Bonchev–Trinajstić information content (AvgIpc) is 2.37. The Morgan fingerprint density at radius 2 is 1.82 bits per heavy atom. The number of para-hydroxylation sites is 1. The second kappa shape index (κ2) is 4.45. The number of hydrogen-bond donors (Lipinski definition) is 0. The summed E-state index contributed by atoms with van der Waals surface area (Å²) in [4.78, 5) is 6.43. The SMILES string of the molecule is CN(c1nnc2ccccc2n1)C(C)(C)CCl. The number of halogens is 1. The zero-order valence-electron chi connectivity index (χ0n) is 10.2. The first-order chi connectivity index (χ1) is 8.04. The van der Waals surface area contributed by atoms with Crippen LogP contribution < -0.4 is 4.90 Å². The normalized spacial score (nSPS) is 11.8. The molecule has 1 heterocycles. The molecule has 1 aromatic heterocycles. The van der Waals surface area contributed by atoms with E-state index in [1.807, 2.05) is 50.1 Å². The number of aromatic nitrogens is 3. The number of rotatable bonds is 3. The van der Waals surface area contributed by atoms with Gasteiger partial charge in [-0.25, -0.2) is 4.98 Å². The molecule has 0 bridgehead atoms. The fourth-order valence-corrected chi connectivity index (χ4v) is 1.55. The molecule has 2 aromatic rings. The minimum atomic E-state index is -0.203. The van der Waals surface area contributed by atoms with Gasteiger partial charge in [-0.2, -0.15) is 0 Å². The molecule has 17 heavy (non-hydrogen) atoms. The third kappa shape index (κ3) is 2.31. The molecule has 2 rings (SSSR count). The Morgan fingerprint density at radius 3 is 2.47 bits per heavy atom. The van der Waals surface area contributed by atoms with Gasteiger partial charge < -0.3 is 4.90 Å². The first kappa shape index (κ1) is 12.0. The molecule has 0 saturated heterocycles. The first-order valence-electron chi connectivity index (χ1n) is 5.44. The van der Waals surface area contributed by atoms with Crippen LogP contribution >= 0.6 is 11.6 Å². The van der Waals surface area contributed by atoms with Crippen molar-refractivity contribution in [3.63, 3.8) is 0 Å². The lowest BCUT2D eigenvalue weighted by molar-refractivity contribution is 0.532. The van der Waals surface area contributed by atoms with E-state index in [9.17, 15) is 0 Å². The maximum atomic E-state index is 5.94. The predicted octanol–water partition coefficient (Wildman–Crippen LogP) is 2.48. The van der Waals surface area contributed by atoms with Gasteiger partial charge in [0.2, 0.25) is 5.95 Å². The van der Waals surface area contributed by atoms with E-state index in [0.29, 0.717) is 11.8 Å². The second-order valence-corrected chi connectivity index (χ2v) is 4.87. The van der Waals surface area contributed by atoms with E-state index in [-0.39, 0.29) is 5.54 Å². The van der Waals surface area contributed by atoms with Crippen LogP contribution in [0.5, 0.6) is 0 Å². The molecular formula is C12H15ClN4. The molecule has 4 nitrogen and oxygen atoms in total. The van der Waals surface area contributed by atoms with Crippen molar-refractivity contribution in [2.75, 3.05) is 17.8 Å². The van der Waals surface area contributed by atoms with Crippen LogP contribution in [-0.2, 0) is 0 Å². The van der Waals surface area contributed by atoms with Crippen LogP contribution in [0.1, 0.15) is 13.8 Å². The van der Waals surface area contributed by atoms with Crippen molar-refractivity contribution in [3.05, 3.63) is 24.3 Å². The largest absolute Gasteiger partial charge is 0.336 e. The highest BCUT2D eigenvalue weighted by Crippen LogP contribution is 2.20. The monoisotopic (exact) mass is 250 g/mol. The molecule has 0 spiro atoms. The molecule has 5 heteroatoms. The number of alkyl halides is 1. The molecule has 0 aliphatic carbocycles. The molecule has 0 N–H and O–H groups in total. The van der Waals surface area contributed by atoms with E-state index in [0.717, 1.165) is 11.0 Å². The molecule has 0 saturated carbocycles. The molecule has 0 aliphatic rings. The maximum Gasteiger partial charge on any atom is 0.246 e. The third-order valence-electron chi connectivity index (χ3n) is 2.88. The Hall–Kier alpha value is -1.42. The van der Waals surface area contributed by atoms with Gasteiger partial charge in [0.25, 0.3) is 0 Å². The number of benzene rings is 1. The van der Waals surface area contributed by atoms with E-state index in [4.69, 9.17) is 11.6 Å². The van der Waals surface area contributed by atoms with E-state index in [1.54, 1.807) is 0 Å². The van der Waals surface area contributed by atoms with Gasteiger partial charge in [-0.15, -0.1) is 21.8 Å². The van der Waals surface area contributed by atoms with Gasteiger partial charge in [0.15, 0.2) is 0 Å². The molecular weight excluding hydrogens is 236 g/mol. The second-order valence-electron chi connectivity index (χ2n) is 4.61. The van der Waals surface area contributed by atoms with E-state index < -0.39 is 0 Å². The first-order valence-corrected chi connectivity index (χ1v) is 5.97. The highest BCUT2D eigenvalue weighted by molar-refractivity contribution is 6.18. The minimum Gasteiger partial charge on any atom is -0.336 e. The predicted molar refractivity (Wildman–Crippen MR) is 70.5 cm³/mol. The van der Waals surface area contributed by atoms with Crippen LogP contribution in [0.25, 0.3) is 11.0 Å². The molecule has 0 amide bonds. The van der Waals surface area contributed by atoms with Crippen molar-refractivity contribution in [2.45, 2.75) is 19.4 Å². The standard InChI is InChI=1S/C12H15ClN4/c1-12(2,8-13)17(3)11-14-9-6-4-5-7-10(9)15-16-11/h4-7H,8H2,1-3H3. The zero-order valence-corrected chi connectivity index (χ0v) is 10.9. The van der Waals surface area contributed by atoms with Crippen LogP contribution in [0.2, 0.25) is 0 Å². The number of nitrogens with zero attached hydrogens (tertiary/aromatic N) is 4. The highest BCUT2D eigenvalue weighted by atomic mass is 35.5. The van der Waals surface area contributed by atoms with Gasteiger partial charge in [-0.1, -0.05) is 12.1 Å². The van der Waals surface area contributed by atoms with Crippen LogP contribution in [-0.4, -0.2) is 33.6 Å². The molecule has 0 atom stereocenters. The number of fused-ring (bicyclic) bond motifs is 1. The van der Waals surface area contributed by atoms with Crippen LogP contribution in [0.3, 0.4) is 0 Å². The molecule has 0 radical (unpaired) electrons.